The molecule has 0 unspecified atom stereocenters. The highest BCUT2D eigenvalue weighted by Crippen LogP contribution is 2.53. The number of rotatable bonds is 12. The van der Waals surface area contributed by atoms with Gasteiger partial charge >= 0.3 is 0 Å². The fraction of sp³-hybridized carbons (Fsp3) is 0.419. The largest absolute Gasteiger partial charge is 0.508 e. The van der Waals surface area contributed by atoms with E-state index in [0.717, 1.165) is 63.2 Å². The highest BCUT2D eigenvalue weighted by Gasteiger charge is 2.39. The van der Waals surface area contributed by atoms with Crippen LogP contribution < -0.4 is 30.1 Å². The first-order valence-corrected chi connectivity index (χ1v) is 18.8. The number of aromatic hydroxyl groups is 2. The molecule has 0 spiro atoms. The SMILES string of the molecule is COc1cc([C@H]2Oc3cc(OC(CO)CO)c4c(c3C[C@H]2OCNC2CCCCC2)C[C@@H](Cc2ccc3c(c2)=CCN=3)c2cc(O)ccc2-4)ccc1O. The molecule has 278 valence electrons. The minimum absolute atomic E-state index is 0.0262. The lowest BCUT2D eigenvalue weighted by molar-refractivity contribution is -0.0480. The van der Waals surface area contributed by atoms with E-state index in [9.17, 15) is 20.4 Å². The average molecular weight is 721 g/mol. The fourth-order valence-electron chi connectivity index (χ4n) is 8.60. The standard InChI is InChI=1S/C43H48N2O8/c1-50-39-18-27(8-12-37(39)49)43-41(51-24-45-29-5-3-2-4-6-29)20-34-35-17-28(16-25-7-11-36-26(15-25)13-14-44-36)33-19-30(48)9-10-32(33)42(35)40(21-38(34)53-43)52-31(22-46)23-47/h7-13,15,18-19,21,28-29,31,41,43,45-49H,2-6,14,16-17,20,22-24H2,1H3/t28-,41-,43-/m1/s1. The van der Waals surface area contributed by atoms with Gasteiger partial charge in [0.2, 0.25) is 0 Å². The molecule has 10 nitrogen and oxygen atoms in total. The molecular weight excluding hydrogens is 672 g/mol. The number of ether oxygens (including phenoxy) is 4. The maximum Gasteiger partial charge on any atom is 0.160 e. The Bertz CT molecular complexity index is 2090. The van der Waals surface area contributed by atoms with Crippen LogP contribution in [0.15, 0.2) is 65.7 Å². The highest BCUT2D eigenvalue weighted by molar-refractivity contribution is 5.83. The Balaban J connectivity index is 1.22. The molecule has 53 heavy (non-hydrogen) atoms. The molecular formula is C43H48N2O8. The molecule has 5 N–H and O–H groups in total. The molecule has 0 amide bonds. The van der Waals surface area contributed by atoms with Gasteiger partial charge in [-0.2, -0.15) is 0 Å². The Morgan fingerprint density at radius 1 is 0.906 bits per heavy atom. The molecule has 4 aromatic rings. The van der Waals surface area contributed by atoms with E-state index in [1.165, 1.54) is 31.9 Å². The summed E-state index contributed by atoms with van der Waals surface area (Å²) in [5.74, 6) is 1.74. The maximum absolute atomic E-state index is 10.8. The van der Waals surface area contributed by atoms with Crippen molar-refractivity contribution in [3.63, 3.8) is 0 Å². The number of aliphatic hydroxyl groups is 2. The fourth-order valence-corrected chi connectivity index (χ4v) is 8.60. The summed E-state index contributed by atoms with van der Waals surface area (Å²) in [6.07, 6.45) is 8.33. The molecule has 2 aliphatic heterocycles. The minimum Gasteiger partial charge on any atom is -0.508 e. The summed E-state index contributed by atoms with van der Waals surface area (Å²) in [5, 5.41) is 47.2. The number of phenolic OH excluding ortho intramolecular Hbond substituents is 2. The predicted molar refractivity (Wildman–Crippen MR) is 200 cm³/mol. The lowest BCUT2D eigenvalue weighted by Gasteiger charge is -2.39. The Morgan fingerprint density at radius 2 is 1.75 bits per heavy atom. The predicted octanol–water partition coefficient (Wildman–Crippen LogP) is 4.74. The summed E-state index contributed by atoms with van der Waals surface area (Å²) in [6.45, 7) is 0.344. The first kappa shape index (κ1) is 35.4. The Hall–Kier alpha value is -4.61. The Morgan fingerprint density at radius 3 is 2.57 bits per heavy atom. The number of fused-ring (bicyclic) bond motifs is 6. The summed E-state index contributed by atoms with van der Waals surface area (Å²) in [6, 6.07) is 19.5. The van der Waals surface area contributed by atoms with E-state index in [-0.39, 0.29) is 36.7 Å². The summed E-state index contributed by atoms with van der Waals surface area (Å²) in [5.41, 5.74) is 6.89. The van der Waals surface area contributed by atoms with Crippen LogP contribution in [-0.4, -0.2) is 72.3 Å². The van der Waals surface area contributed by atoms with Crippen molar-refractivity contribution in [2.45, 2.75) is 81.6 Å². The van der Waals surface area contributed by atoms with Gasteiger partial charge in [0, 0.05) is 29.7 Å². The average Bonchev–Trinajstić information content (AvgIpc) is 3.65. The first-order chi connectivity index (χ1) is 25.9. The van der Waals surface area contributed by atoms with E-state index >= 15 is 0 Å². The molecule has 8 rings (SSSR count). The number of methoxy groups -OCH3 is 1. The van der Waals surface area contributed by atoms with Crippen molar-refractivity contribution in [3.05, 3.63) is 99.1 Å². The molecule has 0 bridgehead atoms. The first-order valence-electron chi connectivity index (χ1n) is 18.8. The summed E-state index contributed by atoms with van der Waals surface area (Å²) >= 11 is 0. The molecule has 0 aromatic heterocycles. The topological polar surface area (TPSA) is 142 Å². The van der Waals surface area contributed by atoms with Gasteiger partial charge in [0.1, 0.15) is 29.5 Å². The number of nitrogens with one attached hydrogen (secondary N) is 1. The van der Waals surface area contributed by atoms with Crippen molar-refractivity contribution in [1.82, 2.24) is 5.32 Å². The third-order valence-corrected chi connectivity index (χ3v) is 11.3. The Labute approximate surface area is 309 Å². The number of hydrogen-bond donors (Lipinski definition) is 5. The third-order valence-electron chi connectivity index (χ3n) is 11.3. The lowest BCUT2D eigenvalue weighted by Crippen LogP contribution is -2.39. The van der Waals surface area contributed by atoms with Crippen LogP contribution in [0.1, 0.15) is 71.9 Å². The van der Waals surface area contributed by atoms with Gasteiger partial charge in [-0.15, -0.1) is 0 Å². The van der Waals surface area contributed by atoms with Crippen LogP contribution in [0.5, 0.6) is 28.7 Å². The molecule has 1 saturated carbocycles. The van der Waals surface area contributed by atoms with Crippen molar-refractivity contribution in [1.29, 1.82) is 0 Å². The number of aliphatic hydroxyl groups excluding tert-OH is 2. The summed E-state index contributed by atoms with van der Waals surface area (Å²) in [4.78, 5) is 4.57. The van der Waals surface area contributed by atoms with Crippen molar-refractivity contribution in [2.24, 2.45) is 4.99 Å². The van der Waals surface area contributed by atoms with Crippen molar-refractivity contribution in [2.75, 3.05) is 33.6 Å². The zero-order chi connectivity index (χ0) is 36.5. The van der Waals surface area contributed by atoms with Gasteiger partial charge in [-0.05, 0) is 101 Å². The van der Waals surface area contributed by atoms with Crippen LogP contribution in [0.2, 0.25) is 0 Å². The van der Waals surface area contributed by atoms with E-state index in [1.54, 1.807) is 18.2 Å². The minimum atomic E-state index is -0.841. The van der Waals surface area contributed by atoms with Gasteiger partial charge in [-0.1, -0.05) is 43.5 Å². The lowest BCUT2D eigenvalue weighted by atomic mass is 9.73. The molecule has 0 radical (unpaired) electrons. The molecule has 2 aliphatic carbocycles. The smallest absolute Gasteiger partial charge is 0.160 e. The van der Waals surface area contributed by atoms with E-state index in [0.29, 0.717) is 49.4 Å². The summed E-state index contributed by atoms with van der Waals surface area (Å²) in [7, 11) is 1.52. The second kappa shape index (κ2) is 15.4. The highest BCUT2D eigenvalue weighted by atomic mass is 16.6. The van der Waals surface area contributed by atoms with Crippen molar-refractivity contribution < 1.29 is 39.4 Å². The molecule has 3 atom stereocenters. The maximum atomic E-state index is 10.8. The zero-order valence-corrected chi connectivity index (χ0v) is 30.1. The van der Waals surface area contributed by atoms with Crippen LogP contribution >= 0.6 is 0 Å². The van der Waals surface area contributed by atoms with E-state index in [4.69, 9.17) is 18.9 Å². The van der Waals surface area contributed by atoms with Crippen LogP contribution in [-0.2, 0) is 24.0 Å². The van der Waals surface area contributed by atoms with Crippen molar-refractivity contribution >= 4 is 6.08 Å². The Kier molecular flexibility index (Phi) is 10.3. The van der Waals surface area contributed by atoms with E-state index in [2.05, 4.69) is 34.6 Å². The van der Waals surface area contributed by atoms with E-state index in [1.807, 2.05) is 24.3 Å². The monoisotopic (exact) mass is 720 g/mol. The van der Waals surface area contributed by atoms with Gasteiger partial charge in [0.25, 0.3) is 0 Å². The second-order valence-electron chi connectivity index (χ2n) is 14.7. The molecule has 0 saturated heterocycles. The molecule has 4 aliphatic rings. The second-order valence-corrected chi connectivity index (χ2v) is 14.7. The number of benzene rings is 4. The van der Waals surface area contributed by atoms with Gasteiger partial charge < -0.3 is 39.4 Å². The van der Waals surface area contributed by atoms with Crippen LogP contribution in [0.3, 0.4) is 0 Å². The van der Waals surface area contributed by atoms with Gasteiger partial charge in [0.05, 0.1) is 39.0 Å². The quantitative estimate of drug-likeness (QED) is 0.131. The van der Waals surface area contributed by atoms with E-state index < -0.39 is 12.2 Å². The van der Waals surface area contributed by atoms with Gasteiger partial charge in [-0.25, -0.2) is 0 Å². The number of hydrogen-bond acceptors (Lipinski definition) is 10. The van der Waals surface area contributed by atoms with Gasteiger partial charge in [0.15, 0.2) is 17.6 Å². The third kappa shape index (κ3) is 7.21. The van der Waals surface area contributed by atoms with Crippen LogP contribution in [0.4, 0.5) is 0 Å². The van der Waals surface area contributed by atoms with Crippen LogP contribution in [0.25, 0.3) is 17.2 Å². The van der Waals surface area contributed by atoms with Crippen LogP contribution in [0, 0.1) is 0 Å². The normalized spacial score (nSPS) is 20.3. The van der Waals surface area contributed by atoms with Gasteiger partial charge in [-0.3, -0.25) is 10.3 Å². The molecule has 4 aromatic carbocycles. The number of nitrogens with zero attached hydrogens (tertiary/aromatic N) is 1. The molecule has 2 heterocycles. The summed E-state index contributed by atoms with van der Waals surface area (Å²) < 4.78 is 25.5. The molecule has 1 fully saturated rings. The molecule has 10 heteroatoms. The van der Waals surface area contributed by atoms with Crippen molar-refractivity contribution in [3.8, 4) is 39.9 Å². The zero-order valence-electron chi connectivity index (χ0n) is 30.1. The number of phenols is 2.